The smallest absolute Gasteiger partial charge is 0.286 e. The average Bonchev–Trinajstić information content (AvgIpc) is 2.88. The largest absolute Gasteiger partial charge is 0.477 e. The van der Waals surface area contributed by atoms with Crippen LogP contribution in [0.25, 0.3) is 0 Å². The van der Waals surface area contributed by atoms with Gasteiger partial charge in [-0.25, -0.2) is 4.57 Å². The first-order valence-corrected chi connectivity index (χ1v) is 17.6. The summed E-state index contributed by atoms with van der Waals surface area (Å²) in [6.45, 7) is 16.5. The second kappa shape index (κ2) is 22.5. The van der Waals surface area contributed by atoms with Gasteiger partial charge in [0.25, 0.3) is 0 Å². The minimum absolute atomic E-state index is 0.100. The zero-order chi connectivity index (χ0) is 26.4. The van der Waals surface area contributed by atoms with Gasteiger partial charge in [-0.3, -0.25) is 13.4 Å². The van der Waals surface area contributed by atoms with Crippen LogP contribution in [-0.2, 0) is 17.9 Å². The minimum atomic E-state index is -3.60. The molecule has 0 spiro atoms. The molecule has 0 rings (SSSR count). The lowest BCUT2D eigenvalue weighted by Gasteiger charge is -2.35. The van der Waals surface area contributed by atoms with E-state index in [2.05, 4.69) is 48.5 Å². The van der Waals surface area contributed by atoms with Crippen molar-refractivity contribution in [3.8, 4) is 0 Å². The van der Waals surface area contributed by atoms with E-state index >= 15 is 0 Å². The first-order valence-electron chi connectivity index (χ1n) is 15.2. The minimum Gasteiger partial charge on any atom is -0.286 e. The van der Waals surface area contributed by atoms with E-state index in [0.29, 0.717) is 25.0 Å². The Morgan fingerprint density at radius 1 is 0.629 bits per heavy atom. The highest BCUT2D eigenvalue weighted by atomic mass is 31.2. The Morgan fingerprint density at radius 2 is 1.00 bits per heavy atom. The Balaban J connectivity index is 5.57. The highest BCUT2D eigenvalue weighted by molar-refractivity contribution is 7.56. The number of phosphoric acid groups is 1. The quantitative estimate of drug-likeness (QED) is 0.103. The normalized spacial score (nSPS) is 16.1. The Kier molecular flexibility index (Phi) is 22.9. The third-order valence-corrected chi connectivity index (χ3v) is 10.8. The highest BCUT2D eigenvalue weighted by Gasteiger charge is 2.36. The SMILES string of the molecule is CCCCC(CC)COP(=O)(OCC(CC)CCCC)OPC(CCCC)(CCCC)CCCC. The molecule has 3 unspecified atom stereocenters. The van der Waals surface area contributed by atoms with Gasteiger partial charge in [-0.2, -0.15) is 0 Å². The van der Waals surface area contributed by atoms with E-state index < -0.39 is 7.82 Å². The summed E-state index contributed by atoms with van der Waals surface area (Å²) >= 11 is 0. The number of unbranched alkanes of at least 4 members (excludes halogenated alkanes) is 5. The Morgan fingerprint density at radius 3 is 1.31 bits per heavy atom. The van der Waals surface area contributed by atoms with Gasteiger partial charge in [-0.15, -0.1) is 0 Å². The molecule has 0 radical (unpaired) electrons. The van der Waals surface area contributed by atoms with Crippen molar-refractivity contribution in [1.29, 1.82) is 0 Å². The van der Waals surface area contributed by atoms with Crippen molar-refractivity contribution in [3.63, 3.8) is 0 Å². The zero-order valence-electron chi connectivity index (χ0n) is 24.7. The molecule has 0 aliphatic rings. The maximum absolute atomic E-state index is 14.0. The summed E-state index contributed by atoms with van der Waals surface area (Å²) in [6.07, 6.45) is 19.5. The fourth-order valence-electron chi connectivity index (χ4n) is 4.51. The molecule has 0 saturated carbocycles. The number of hydrogen-bond donors (Lipinski definition) is 0. The second-order valence-electron chi connectivity index (χ2n) is 10.7. The Labute approximate surface area is 222 Å². The van der Waals surface area contributed by atoms with E-state index in [1.807, 2.05) is 0 Å². The summed E-state index contributed by atoms with van der Waals surface area (Å²) in [5.74, 6) is 0.816. The molecule has 0 aliphatic heterocycles. The van der Waals surface area contributed by atoms with E-state index in [1.54, 1.807) is 0 Å². The van der Waals surface area contributed by atoms with Crippen LogP contribution in [-0.4, -0.2) is 18.4 Å². The standard InChI is InChI=1S/C29H62O4P2/c1-8-15-20-27(13-6)25-31-35(30,32-26-28(14-7)21-16-9-2)33-34-29(22-17-10-3,23-18-11-4)24-19-12-5/h27-28,34H,8-26H2,1-7H3. The topological polar surface area (TPSA) is 44.8 Å². The number of hydrogen-bond acceptors (Lipinski definition) is 4. The van der Waals surface area contributed by atoms with Crippen LogP contribution in [0, 0.1) is 11.8 Å². The lowest BCUT2D eigenvalue weighted by atomic mass is 9.90. The fraction of sp³-hybridized carbons (Fsp3) is 1.00. The van der Waals surface area contributed by atoms with Crippen LogP contribution in [0.15, 0.2) is 0 Å². The lowest BCUT2D eigenvalue weighted by Crippen LogP contribution is -2.24. The average molecular weight is 537 g/mol. The molecule has 0 aliphatic carbocycles. The van der Waals surface area contributed by atoms with Crippen molar-refractivity contribution in [3.05, 3.63) is 0 Å². The van der Waals surface area contributed by atoms with E-state index in [-0.39, 0.29) is 14.0 Å². The molecule has 0 aromatic carbocycles. The van der Waals surface area contributed by atoms with Crippen molar-refractivity contribution >= 4 is 16.6 Å². The van der Waals surface area contributed by atoms with Gasteiger partial charge in [-0.05, 0) is 43.9 Å². The molecule has 6 heteroatoms. The third kappa shape index (κ3) is 16.9. The molecular formula is C29H62O4P2. The number of phosphoric ester groups is 1. The van der Waals surface area contributed by atoms with Gasteiger partial charge in [0.1, 0.15) is 0 Å². The van der Waals surface area contributed by atoms with Crippen LogP contribution in [0.3, 0.4) is 0 Å². The molecule has 0 aromatic rings. The van der Waals surface area contributed by atoms with Crippen LogP contribution < -0.4 is 0 Å². The van der Waals surface area contributed by atoms with E-state index in [1.165, 1.54) is 64.2 Å². The molecule has 212 valence electrons. The molecule has 4 nitrogen and oxygen atoms in total. The molecular weight excluding hydrogens is 474 g/mol. The van der Waals surface area contributed by atoms with Crippen LogP contribution in [0.1, 0.15) is 158 Å². The van der Waals surface area contributed by atoms with Crippen molar-refractivity contribution in [2.75, 3.05) is 13.2 Å². The number of rotatable bonds is 26. The van der Waals surface area contributed by atoms with Crippen molar-refractivity contribution < 1.29 is 17.9 Å². The molecule has 0 aromatic heterocycles. The van der Waals surface area contributed by atoms with E-state index in [0.717, 1.165) is 44.9 Å². The fourth-order valence-corrected chi connectivity index (χ4v) is 7.85. The monoisotopic (exact) mass is 536 g/mol. The molecule has 3 atom stereocenters. The molecule has 0 fully saturated rings. The van der Waals surface area contributed by atoms with Gasteiger partial charge in [0.05, 0.1) is 13.2 Å². The van der Waals surface area contributed by atoms with Gasteiger partial charge in [-0.1, -0.05) is 126 Å². The molecule has 0 heterocycles. The van der Waals surface area contributed by atoms with E-state index in [9.17, 15) is 4.57 Å². The van der Waals surface area contributed by atoms with Gasteiger partial charge in [0, 0.05) is 14.0 Å². The van der Waals surface area contributed by atoms with Gasteiger partial charge in [0.15, 0.2) is 0 Å². The molecule has 35 heavy (non-hydrogen) atoms. The molecule has 0 N–H and O–H groups in total. The van der Waals surface area contributed by atoms with Crippen molar-refractivity contribution in [1.82, 2.24) is 0 Å². The van der Waals surface area contributed by atoms with Crippen molar-refractivity contribution in [2.24, 2.45) is 11.8 Å². The maximum Gasteiger partial charge on any atom is 0.477 e. The summed E-state index contributed by atoms with van der Waals surface area (Å²) in [6, 6.07) is 0. The maximum atomic E-state index is 14.0. The first-order chi connectivity index (χ1) is 16.9. The summed E-state index contributed by atoms with van der Waals surface area (Å²) in [5, 5.41) is 0.100. The molecule has 0 saturated heterocycles. The summed E-state index contributed by atoms with van der Waals surface area (Å²) in [4.78, 5) is 0. The van der Waals surface area contributed by atoms with Crippen LogP contribution in [0.2, 0.25) is 0 Å². The third-order valence-electron chi connectivity index (χ3n) is 7.42. The molecule has 0 bridgehead atoms. The van der Waals surface area contributed by atoms with Crippen LogP contribution in [0.4, 0.5) is 0 Å². The predicted octanol–water partition coefficient (Wildman–Crippen LogP) is 11.5. The summed E-state index contributed by atoms with van der Waals surface area (Å²) in [7, 11) is -3.43. The predicted molar refractivity (Wildman–Crippen MR) is 157 cm³/mol. The second-order valence-corrected chi connectivity index (χ2v) is 14.1. The lowest BCUT2D eigenvalue weighted by molar-refractivity contribution is 0.118. The van der Waals surface area contributed by atoms with Gasteiger partial charge < -0.3 is 0 Å². The van der Waals surface area contributed by atoms with Gasteiger partial charge in [0.2, 0.25) is 0 Å². The first kappa shape index (κ1) is 35.5. The summed E-state index contributed by atoms with van der Waals surface area (Å²) in [5.41, 5.74) is 0. The Hall–Kier alpha value is 0.540. The van der Waals surface area contributed by atoms with Gasteiger partial charge >= 0.3 is 7.82 Å². The molecule has 0 amide bonds. The highest BCUT2D eigenvalue weighted by Crippen LogP contribution is 2.60. The Bertz CT molecular complexity index is 469. The van der Waals surface area contributed by atoms with Crippen LogP contribution >= 0.6 is 16.6 Å². The zero-order valence-corrected chi connectivity index (χ0v) is 26.6. The van der Waals surface area contributed by atoms with Crippen LogP contribution in [0.5, 0.6) is 0 Å². The summed E-state index contributed by atoms with van der Waals surface area (Å²) < 4.78 is 32.5. The van der Waals surface area contributed by atoms with E-state index in [4.69, 9.17) is 13.4 Å². The van der Waals surface area contributed by atoms with Crippen molar-refractivity contribution in [2.45, 2.75) is 163 Å².